The molecule has 1 aromatic heterocycles. The molecular formula is C36H56N4O6. The lowest BCUT2D eigenvalue weighted by atomic mass is 9.84. The zero-order chi connectivity index (χ0) is 33.5. The Morgan fingerprint density at radius 3 is 2.24 bits per heavy atom. The van der Waals surface area contributed by atoms with Crippen LogP contribution in [-0.4, -0.2) is 58.2 Å². The number of H-pyrrole nitrogens is 1. The van der Waals surface area contributed by atoms with E-state index < -0.39 is 12.0 Å². The number of nitrogens with one attached hydrogen (secondary N) is 3. The maximum Gasteiger partial charge on any atom is 0.328 e. The zero-order valence-corrected chi connectivity index (χ0v) is 28.7. The van der Waals surface area contributed by atoms with Crippen LogP contribution in [-0.2, 0) is 32.0 Å². The van der Waals surface area contributed by atoms with Crippen molar-refractivity contribution < 1.29 is 29.0 Å². The maximum absolute atomic E-state index is 12.3. The second-order valence-electron chi connectivity index (χ2n) is 13.1. The molecule has 0 saturated heterocycles. The number of aromatic amines is 1. The summed E-state index contributed by atoms with van der Waals surface area (Å²) >= 11 is 0. The Morgan fingerprint density at radius 2 is 1.61 bits per heavy atom. The van der Waals surface area contributed by atoms with Crippen molar-refractivity contribution in [2.45, 2.75) is 142 Å². The standard InChI is InChI=1S/C36H56N4O6/c1-25-26(2)34-29(27(3)33(25)43)17-20-36(4,46-34)19-15-13-11-9-7-6-8-10-12-14-16-31(41)38-21-18-32(42)40-30(35(44)45-5)22-28-23-37-24-39-28/h23-24,30,43H,6-22H2,1-5H3,(H,37,39)(H,38,41)(H,40,42)/t30-,36-/m1/s1. The molecule has 3 rings (SSSR count). The van der Waals surface area contributed by atoms with Crippen LogP contribution in [0.1, 0.15) is 125 Å². The first-order valence-corrected chi connectivity index (χ1v) is 17.2. The lowest BCUT2D eigenvalue weighted by Gasteiger charge is -2.38. The summed E-state index contributed by atoms with van der Waals surface area (Å²) in [6.45, 7) is 8.49. The Morgan fingerprint density at radius 1 is 0.957 bits per heavy atom. The Labute approximate surface area is 274 Å². The van der Waals surface area contributed by atoms with E-state index >= 15 is 0 Å². The summed E-state index contributed by atoms with van der Waals surface area (Å²) in [5.41, 5.74) is 4.72. The van der Waals surface area contributed by atoms with E-state index in [1.807, 2.05) is 13.8 Å². The largest absolute Gasteiger partial charge is 0.507 e. The van der Waals surface area contributed by atoms with Gasteiger partial charge in [0.1, 0.15) is 23.1 Å². The van der Waals surface area contributed by atoms with E-state index in [1.165, 1.54) is 63.9 Å². The minimum Gasteiger partial charge on any atom is -0.507 e. The molecule has 1 aliphatic heterocycles. The highest BCUT2D eigenvalue weighted by Crippen LogP contribution is 2.44. The summed E-state index contributed by atoms with van der Waals surface area (Å²) in [6, 6.07) is -0.811. The van der Waals surface area contributed by atoms with Gasteiger partial charge < -0.3 is 30.2 Å². The van der Waals surface area contributed by atoms with E-state index in [0.29, 0.717) is 17.9 Å². The second kappa shape index (κ2) is 18.6. The highest BCUT2D eigenvalue weighted by molar-refractivity contribution is 5.85. The molecule has 1 aliphatic rings. The summed E-state index contributed by atoms with van der Waals surface area (Å²) in [4.78, 5) is 43.3. The van der Waals surface area contributed by atoms with Gasteiger partial charge in [0.25, 0.3) is 0 Å². The normalized spacial score (nSPS) is 16.3. The Hall–Kier alpha value is -3.56. The van der Waals surface area contributed by atoms with Crippen molar-refractivity contribution in [1.82, 2.24) is 20.6 Å². The van der Waals surface area contributed by atoms with Crippen LogP contribution >= 0.6 is 0 Å². The lowest BCUT2D eigenvalue weighted by Crippen LogP contribution is -2.44. The predicted molar refractivity (Wildman–Crippen MR) is 179 cm³/mol. The number of benzene rings is 1. The van der Waals surface area contributed by atoms with Crippen molar-refractivity contribution in [2.75, 3.05) is 13.7 Å². The van der Waals surface area contributed by atoms with Gasteiger partial charge in [-0.05, 0) is 76.5 Å². The van der Waals surface area contributed by atoms with Crippen LogP contribution in [0.5, 0.6) is 11.5 Å². The van der Waals surface area contributed by atoms with Gasteiger partial charge in [-0.1, -0.05) is 51.4 Å². The molecule has 2 heterocycles. The van der Waals surface area contributed by atoms with Gasteiger partial charge in [-0.15, -0.1) is 0 Å². The van der Waals surface area contributed by atoms with E-state index in [0.717, 1.165) is 61.0 Å². The number of esters is 1. The summed E-state index contributed by atoms with van der Waals surface area (Å²) < 4.78 is 11.4. The molecule has 0 bridgehead atoms. The molecule has 2 atom stereocenters. The van der Waals surface area contributed by atoms with Crippen LogP contribution in [0.15, 0.2) is 12.5 Å². The highest BCUT2D eigenvalue weighted by atomic mass is 16.5. The number of aromatic nitrogens is 2. The third-order valence-corrected chi connectivity index (χ3v) is 9.43. The van der Waals surface area contributed by atoms with Crippen molar-refractivity contribution in [3.63, 3.8) is 0 Å². The van der Waals surface area contributed by atoms with E-state index in [-0.39, 0.29) is 36.8 Å². The third kappa shape index (κ3) is 11.4. The molecular weight excluding hydrogens is 584 g/mol. The number of hydrogen-bond donors (Lipinski definition) is 4. The van der Waals surface area contributed by atoms with Gasteiger partial charge in [-0.2, -0.15) is 0 Å². The molecule has 2 amide bonds. The van der Waals surface area contributed by atoms with Crippen molar-refractivity contribution in [3.05, 3.63) is 40.5 Å². The van der Waals surface area contributed by atoms with E-state index in [4.69, 9.17) is 9.47 Å². The van der Waals surface area contributed by atoms with Gasteiger partial charge in [0.15, 0.2) is 0 Å². The molecule has 1 aromatic carbocycles. The third-order valence-electron chi connectivity index (χ3n) is 9.43. The topological polar surface area (TPSA) is 143 Å². The van der Waals surface area contributed by atoms with Gasteiger partial charge in [0.05, 0.1) is 13.4 Å². The smallest absolute Gasteiger partial charge is 0.328 e. The lowest BCUT2D eigenvalue weighted by molar-refractivity contribution is -0.145. The minimum absolute atomic E-state index is 0.0499. The first kappa shape index (κ1) is 36.9. The molecule has 4 N–H and O–H groups in total. The van der Waals surface area contributed by atoms with Gasteiger partial charge in [-0.25, -0.2) is 9.78 Å². The number of hydrogen-bond acceptors (Lipinski definition) is 7. The average Bonchev–Trinajstić information content (AvgIpc) is 3.55. The molecule has 0 saturated carbocycles. The van der Waals surface area contributed by atoms with E-state index in [2.05, 4.69) is 34.4 Å². The predicted octanol–water partition coefficient (Wildman–Crippen LogP) is 6.21. The van der Waals surface area contributed by atoms with Crippen LogP contribution in [0.4, 0.5) is 0 Å². The number of phenolic OH excluding ortho intramolecular Hbond substituents is 1. The summed E-state index contributed by atoms with van der Waals surface area (Å²) in [6.07, 6.45) is 18.5. The Bertz CT molecular complexity index is 1280. The van der Waals surface area contributed by atoms with Gasteiger partial charge >= 0.3 is 5.97 Å². The van der Waals surface area contributed by atoms with E-state index in [9.17, 15) is 19.5 Å². The summed E-state index contributed by atoms with van der Waals surface area (Å²) in [5.74, 6) is 0.510. The fraction of sp³-hybridized carbons (Fsp3) is 0.667. The number of carbonyl (C=O) groups is 3. The van der Waals surface area contributed by atoms with Crippen LogP contribution in [0.25, 0.3) is 0 Å². The van der Waals surface area contributed by atoms with Crippen molar-refractivity contribution >= 4 is 17.8 Å². The van der Waals surface area contributed by atoms with Crippen LogP contribution in [0.3, 0.4) is 0 Å². The molecule has 10 nitrogen and oxygen atoms in total. The fourth-order valence-electron chi connectivity index (χ4n) is 6.29. The fourth-order valence-corrected chi connectivity index (χ4v) is 6.29. The molecule has 10 heteroatoms. The number of phenols is 1. The van der Waals surface area contributed by atoms with Crippen LogP contribution in [0.2, 0.25) is 0 Å². The summed E-state index contributed by atoms with van der Waals surface area (Å²) in [5, 5.41) is 15.9. The maximum atomic E-state index is 12.3. The molecule has 0 unspecified atom stereocenters. The Kier molecular flexibility index (Phi) is 14.9. The van der Waals surface area contributed by atoms with Crippen LogP contribution < -0.4 is 15.4 Å². The number of methoxy groups -OCH3 is 1. The van der Waals surface area contributed by atoms with Gasteiger partial charge in [-0.3, -0.25) is 9.59 Å². The number of rotatable bonds is 20. The van der Waals surface area contributed by atoms with Crippen LogP contribution in [0, 0.1) is 20.8 Å². The SMILES string of the molecule is COC(=O)[C@@H](Cc1cnc[nH]1)NC(=O)CCNC(=O)CCCCCCCCCCCC[C@]1(C)CCc2c(C)c(O)c(C)c(C)c2O1. The average molecular weight is 641 g/mol. The number of carbonyl (C=O) groups excluding carboxylic acids is 3. The quantitative estimate of drug-likeness (QED) is 0.0995. The van der Waals surface area contributed by atoms with Crippen molar-refractivity contribution in [3.8, 4) is 11.5 Å². The molecule has 2 aromatic rings. The molecule has 0 fully saturated rings. The Balaban J connectivity index is 1.15. The molecule has 0 spiro atoms. The van der Waals surface area contributed by atoms with E-state index in [1.54, 1.807) is 6.20 Å². The van der Waals surface area contributed by atoms with Gasteiger partial charge in [0, 0.05) is 43.3 Å². The molecule has 256 valence electrons. The number of fused-ring (bicyclic) bond motifs is 1. The first-order chi connectivity index (χ1) is 22.0. The van der Waals surface area contributed by atoms with Crippen molar-refractivity contribution in [1.29, 1.82) is 0 Å². The number of ether oxygens (including phenoxy) is 2. The second-order valence-corrected chi connectivity index (χ2v) is 13.1. The van der Waals surface area contributed by atoms with Crippen molar-refractivity contribution in [2.24, 2.45) is 0 Å². The highest BCUT2D eigenvalue weighted by Gasteiger charge is 2.34. The first-order valence-electron chi connectivity index (χ1n) is 17.2. The monoisotopic (exact) mass is 640 g/mol. The number of aromatic hydroxyl groups is 1. The number of unbranched alkanes of at least 4 members (excludes halogenated alkanes) is 9. The number of imidazole rings is 1. The minimum atomic E-state index is -0.811. The molecule has 46 heavy (non-hydrogen) atoms. The summed E-state index contributed by atoms with van der Waals surface area (Å²) in [7, 11) is 1.28. The molecule has 0 radical (unpaired) electrons. The number of amides is 2. The number of nitrogens with zero attached hydrogens (tertiary/aromatic N) is 1. The molecule has 0 aliphatic carbocycles. The zero-order valence-electron chi connectivity index (χ0n) is 28.7. The van der Waals surface area contributed by atoms with Gasteiger partial charge in [0.2, 0.25) is 11.8 Å².